The predicted molar refractivity (Wildman–Crippen MR) is 121 cm³/mol. The van der Waals surface area contributed by atoms with Crippen molar-refractivity contribution in [1.29, 1.82) is 0 Å². The molecule has 3 heterocycles. The van der Waals surface area contributed by atoms with Crippen molar-refractivity contribution in [2.75, 3.05) is 18.4 Å². The minimum Gasteiger partial charge on any atom is -0.436 e. The molecule has 170 valence electrons. The molecule has 5 rings (SSSR count). The van der Waals surface area contributed by atoms with E-state index < -0.39 is 17.5 Å². The number of carbonyl (C=O) groups excluding carboxylic acids is 2. The fraction of sp³-hybridized carbons (Fsp3) is 0.292. The topological polar surface area (TPSA) is 76.5 Å². The van der Waals surface area contributed by atoms with Crippen LogP contribution in [0.4, 0.5) is 14.9 Å². The van der Waals surface area contributed by atoms with Crippen molar-refractivity contribution in [2.24, 2.45) is 5.92 Å². The molecule has 0 bridgehead atoms. The van der Waals surface area contributed by atoms with Gasteiger partial charge in [0, 0.05) is 12.7 Å². The molecule has 2 atom stereocenters. The number of fused-ring (bicyclic) bond motifs is 2. The number of nitrogens with one attached hydrogen (secondary N) is 1. The Balaban J connectivity index is 1.44. The highest BCUT2D eigenvalue weighted by molar-refractivity contribution is 6.31. The first-order valence-electron chi connectivity index (χ1n) is 10.7. The van der Waals surface area contributed by atoms with Crippen LogP contribution in [0.1, 0.15) is 34.8 Å². The van der Waals surface area contributed by atoms with Crippen LogP contribution in [0, 0.1) is 11.7 Å². The zero-order valence-electron chi connectivity index (χ0n) is 17.9. The van der Waals surface area contributed by atoms with Crippen LogP contribution in [0.25, 0.3) is 0 Å². The van der Waals surface area contributed by atoms with E-state index in [4.69, 9.17) is 16.3 Å². The van der Waals surface area contributed by atoms with Gasteiger partial charge in [-0.25, -0.2) is 9.18 Å². The summed E-state index contributed by atoms with van der Waals surface area (Å²) >= 11 is 6.05. The van der Waals surface area contributed by atoms with E-state index in [-0.39, 0.29) is 29.0 Å². The van der Waals surface area contributed by atoms with Crippen molar-refractivity contribution in [3.8, 4) is 0 Å². The van der Waals surface area contributed by atoms with Gasteiger partial charge in [0.15, 0.2) is 11.4 Å². The summed E-state index contributed by atoms with van der Waals surface area (Å²) in [6.07, 6.45) is 2.92. The number of hydrogen-bond acceptors (Lipinski definition) is 4. The molecule has 1 N–H and O–H groups in total. The highest BCUT2D eigenvalue weighted by atomic mass is 35.5. The van der Waals surface area contributed by atoms with Gasteiger partial charge in [-0.05, 0) is 30.0 Å². The van der Waals surface area contributed by atoms with Crippen molar-refractivity contribution < 1.29 is 18.7 Å². The summed E-state index contributed by atoms with van der Waals surface area (Å²) in [5, 5.41) is 6.80. The highest BCUT2D eigenvalue weighted by Gasteiger charge is 2.50. The number of halogens is 2. The Morgan fingerprint density at radius 3 is 2.88 bits per heavy atom. The number of aromatic nitrogens is 2. The molecule has 0 aliphatic carbocycles. The molecule has 1 saturated heterocycles. The maximum absolute atomic E-state index is 15.1. The van der Waals surface area contributed by atoms with Crippen LogP contribution in [0.2, 0.25) is 5.02 Å². The smallest absolute Gasteiger partial charge is 0.412 e. The number of carbonyl (C=O) groups is 2. The summed E-state index contributed by atoms with van der Waals surface area (Å²) in [7, 11) is 0. The maximum atomic E-state index is 15.1. The van der Waals surface area contributed by atoms with E-state index in [1.807, 2.05) is 37.3 Å². The van der Waals surface area contributed by atoms with Gasteiger partial charge in [0.25, 0.3) is 5.91 Å². The molecule has 3 aromatic rings. The molecule has 0 radical (unpaired) electrons. The van der Waals surface area contributed by atoms with Gasteiger partial charge in [-0.3, -0.25) is 14.8 Å². The number of rotatable bonds is 3. The second-order valence-electron chi connectivity index (χ2n) is 8.70. The van der Waals surface area contributed by atoms with E-state index in [2.05, 4.69) is 10.4 Å². The van der Waals surface area contributed by atoms with Gasteiger partial charge in [-0.2, -0.15) is 5.10 Å². The largest absolute Gasteiger partial charge is 0.436 e. The van der Waals surface area contributed by atoms with Crippen molar-refractivity contribution in [3.05, 3.63) is 82.4 Å². The molecule has 0 saturated carbocycles. The van der Waals surface area contributed by atoms with E-state index >= 15 is 4.39 Å². The summed E-state index contributed by atoms with van der Waals surface area (Å²) in [4.78, 5) is 27.3. The number of anilines is 1. The second-order valence-corrected chi connectivity index (χ2v) is 9.11. The number of benzene rings is 2. The van der Waals surface area contributed by atoms with Crippen LogP contribution in [0.5, 0.6) is 0 Å². The van der Waals surface area contributed by atoms with Crippen LogP contribution in [0.3, 0.4) is 0 Å². The van der Waals surface area contributed by atoms with Crippen LogP contribution in [-0.2, 0) is 16.9 Å². The molecule has 7 nitrogen and oxygen atoms in total. The Labute approximate surface area is 195 Å². The summed E-state index contributed by atoms with van der Waals surface area (Å²) < 4.78 is 22.5. The van der Waals surface area contributed by atoms with Gasteiger partial charge >= 0.3 is 6.09 Å². The van der Waals surface area contributed by atoms with Gasteiger partial charge < -0.3 is 9.64 Å². The molecule has 9 heteroatoms. The number of likely N-dealkylation sites (tertiary alicyclic amines) is 1. The standard InChI is InChI=1S/C24H22ClFN4O3/c1-15-9-24(20-19(28-23(32)33-24)8-7-18(25)21(20)26)14-29(11-15)22(31)17-10-27-30(13-17)12-16-5-3-2-4-6-16/h2-8,10,13,15H,9,11-12,14H2,1H3,(H,28,32)/t15-,24+/m1/s1. The lowest BCUT2D eigenvalue weighted by atomic mass is 9.79. The minimum absolute atomic E-state index is 0.0255. The first-order valence-corrected chi connectivity index (χ1v) is 11.1. The fourth-order valence-corrected chi connectivity index (χ4v) is 4.99. The minimum atomic E-state index is -1.32. The van der Waals surface area contributed by atoms with Gasteiger partial charge in [0.05, 0.1) is 41.1 Å². The third kappa shape index (κ3) is 3.95. The molecule has 2 amide bonds. The molecule has 1 aromatic heterocycles. The lowest BCUT2D eigenvalue weighted by molar-refractivity contribution is -0.0569. The molecular formula is C24H22ClFN4O3. The second kappa shape index (κ2) is 8.19. The number of hydrogen-bond donors (Lipinski definition) is 1. The monoisotopic (exact) mass is 468 g/mol. The van der Waals surface area contributed by atoms with Crippen molar-refractivity contribution >= 4 is 29.3 Å². The van der Waals surface area contributed by atoms with E-state index in [0.717, 1.165) is 5.56 Å². The number of ether oxygens (including phenoxy) is 1. The van der Waals surface area contributed by atoms with Crippen LogP contribution >= 0.6 is 11.6 Å². The average Bonchev–Trinajstić information content (AvgIpc) is 3.24. The quantitative estimate of drug-likeness (QED) is 0.606. The Bertz CT molecular complexity index is 1230. The summed E-state index contributed by atoms with van der Waals surface area (Å²) in [5.74, 6) is -0.940. The normalized spacial score (nSPS) is 22.0. The third-order valence-corrected chi connectivity index (χ3v) is 6.38. The summed E-state index contributed by atoms with van der Waals surface area (Å²) in [6.45, 7) is 2.96. The number of nitrogens with zero attached hydrogens (tertiary/aromatic N) is 3. The first kappa shape index (κ1) is 21.5. The third-order valence-electron chi connectivity index (χ3n) is 6.09. The Morgan fingerprint density at radius 2 is 2.09 bits per heavy atom. The number of piperidine rings is 1. The van der Waals surface area contributed by atoms with E-state index in [1.54, 1.807) is 21.8 Å². The first-order chi connectivity index (χ1) is 15.8. The van der Waals surface area contributed by atoms with Crippen molar-refractivity contribution in [1.82, 2.24) is 14.7 Å². The molecule has 0 unspecified atom stereocenters. The molecular weight excluding hydrogens is 447 g/mol. The van der Waals surface area contributed by atoms with Crippen LogP contribution in [0.15, 0.2) is 54.9 Å². The molecule has 1 fully saturated rings. The Kier molecular flexibility index (Phi) is 5.32. The molecule has 1 spiro atoms. The molecule has 2 aliphatic heterocycles. The maximum Gasteiger partial charge on any atom is 0.412 e. The SMILES string of the molecule is C[C@H]1CN(C(=O)c2cnn(Cc3ccccc3)c2)C[C@]2(C1)OC(=O)Nc1ccc(Cl)c(F)c12. The fourth-order valence-electron chi connectivity index (χ4n) is 4.83. The lowest BCUT2D eigenvalue weighted by Gasteiger charge is -2.47. The van der Waals surface area contributed by atoms with Crippen molar-refractivity contribution in [3.63, 3.8) is 0 Å². The Morgan fingerprint density at radius 1 is 1.30 bits per heavy atom. The zero-order chi connectivity index (χ0) is 23.2. The predicted octanol–water partition coefficient (Wildman–Crippen LogP) is 4.66. The van der Waals surface area contributed by atoms with Crippen LogP contribution < -0.4 is 5.32 Å². The summed E-state index contributed by atoms with van der Waals surface area (Å²) in [6, 6.07) is 12.8. The van der Waals surface area contributed by atoms with E-state index in [1.165, 1.54) is 12.3 Å². The van der Waals surface area contributed by atoms with Gasteiger partial charge in [-0.1, -0.05) is 48.9 Å². The number of amides is 2. The van der Waals surface area contributed by atoms with Gasteiger partial charge in [-0.15, -0.1) is 0 Å². The molecule has 33 heavy (non-hydrogen) atoms. The summed E-state index contributed by atoms with van der Waals surface area (Å²) in [5.41, 5.74) is 0.655. The van der Waals surface area contributed by atoms with Gasteiger partial charge in [0.2, 0.25) is 0 Å². The van der Waals surface area contributed by atoms with Crippen molar-refractivity contribution in [2.45, 2.75) is 25.5 Å². The zero-order valence-corrected chi connectivity index (χ0v) is 18.7. The average molecular weight is 469 g/mol. The lowest BCUT2D eigenvalue weighted by Crippen LogP contribution is -2.55. The van der Waals surface area contributed by atoms with E-state index in [9.17, 15) is 9.59 Å². The molecule has 2 aliphatic rings. The van der Waals surface area contributed by atoms with Crippen LogP contribution in [-0.4, -0.2) is 39.8 Å². The van der Waals surface area contributed by atoms with E-state index in [0.29, 0.717) is 30.8 Å². The molecule has 2 aromatic carbocycles. The Hall–Kier alpha value is -3.39. The van der Waals surface area contributed by atoms with Gasteiger partial charge in [0.1, 0.15) is 0 Å². The highest BCUT2D eigenvalue weighted by Crippen LogP contribution is 2.46.